The van der Waals surface area contributed by atoms with Gasteiger partial charge in [-0.1, -0.05) is 34.2 Å². The first-order valence-corrected chi connectivity index (χ1v) is 12.2. The van der Waals surface area contributed by atoms with Crippen molar-refractivity contribution in [1.29, 1.82) is 0 Å². The summed E-state index contributed by atoms with van der Waals surface area (Å²) in [7, 11) is 0. The van der Waals surface area contributed by atoms with Gasteiger partial charge < -0.3 is 30.6 Å². The highest BCUT2D eigenvalue weighted by Gasteiger charge is 2.54. The van der Waals surface area contributed by atoms with Gasteiger partial charge in [-0.15, -0.1) is 11.8 Å². The van der Waals surface area contributed by atoms with Gasteiger partial charge in [0.2, 0.25) is 0 Å². The van der Waals surface area contributed by atoms with Crippen molar-refractivity contribution in [1.82, 2.24) is 20.4 Å². The predicted octanol–water partition coefficient (Wildman–Crippen LogP) is 1.35. The zero-order valence-electron chi connectivity index (χ0n) is 17.9. The lowest BCUT2D eigenvalue weighted by Gasteiger charge is -2.49. The van der Waals surface area contributed by atoms with E-state index in [-0.39, 0.29) is 44.9 Å². The molecule has 0 spiro atoms. The average Bonchev–Trinajstić information content (AvgIpc) is 3.44. The molecule has 2 atom stereocenters. The minimum atomic E-state index is -1.34. The van der Waals surface area contributed by atoms with Gasteiger partial charge in [0.1, 0.15) is 40.4 Å². The molecule has 5 N–H and O–H groups in total. The van der Waals surface area contributed by atoms with Crippen LogP contribution < -0.4 is 15.8 Å². The Kier molecular flexibility index (Phi) is 7.46. The van der Waals surface area contributed by atoms with Crippen LogP contribution in [0.1, 0.15) is 11.5 Å². The molecular formula is C19H16ClFN6O7S2. The van der Waals surface area contributed by atoms with E-state index in [4.69, 9.17) is 26.6 Å². The molecule has 0 saturated carbocycles. The number of alkyl halides is 1. The molecule has 0 unspecified atom stereocenters. The maximum absolute atomic E-state index is 12.8. The van der Waals surface area contributed by atoms with Gasteiger partial charge in [0.15, 0.2) is 16.6 Å². The number of thiazole rings is 1. The predicted molar refractivity (Wildman–Crippen MR) is 127 cm³/mol. The normalized spacial score (nSPS) is 19.9. The number of amides is 2. The summed E-state index contributed by atoms with van der Waals surface area (Å²) in [5.74, 6) is -2.47. The van der Waals surface area contributed by atoms with Gasteiger partial charge in [0.05, 0.1) is 0 Å². The van der Waals surface area contributed by atoms with E-state index >= 15 is 0 Å². The Bertz CT molecular complexity index is 1310. The number of carboxylic acid groups (broad SMARTS) is 1. The first-order valence-electron chi connectivity index (χ1n) is 9.95. The SMILES string of the molecule is Nc1nc(/C(=N/O)C(=O)N[C@@H]2C(=O)N3C(C(=O)O)=C(/C=C/c4cc(OCCF)no4)CS[C@H]23)c(Cl)s1. The monoisotopic (exact) mass is 558 g/mol. The number of aromatic nitrogens is 2. The van der Waals surface area contributed by atoms with Crippen molar-refractivity contribution < 1.29 is 38.3 Å². The maximum Gasteiger partial charge on any atom is 0.352 e. The Hall–Kier alpha value is -3.63. The van der Waals surface area contributed by atoms with Gasteiger partial charge in [-0.05, 0) is 16.8 Å². The van der Waals surface area contributed by atoms with Crippen LogP contribution in [0.15, 0.2) is 33.1 Å². The number of oxime groups is 1. The fourth-order valence-corrected chi connectivity index (χ4v) is 5.64. The van der Waals surface area contributed by atoms with E-state index < -0.39 is 41.6 Å². The number of aliphatic carboxylic acids is 1. The number of carbonyl (C=O) groups is 3. The number of anilines is 1. The van der Waals surface area contributed by atoms with Crippen LogP contribution in [-0.2, 0) is 14.4 Å². The molecule has 4 rings (SSSR count). The van der Waals surface area contributed by atoms with Gasteiger partial charge in [0, 0.05) is 11.8 Å². The summed E-state index contributed by atoms with van der Waals surface area (Å²) in [6.07, 6.45) is 2.89. The average molecular weight is 559 g/mol. The van der Waals surface area contributed by atoms with Gasteiger partial charge in [-0.25, -0.2) is 14.2 Å². The number of hydrogen-bond acceptors (Lipinski definition) is 12. The molecule has 0 aliphatic carbocycles. The zero-order valence-corrected chi connectivity index (χ0v) is 20.3. The molecule has 4 heterocycles. The number of nitrogens with zero attached hydrogens (tertiary/aromatic N) is 4. The van der Waals surface area contributed by atoms with Crippen LogP contribution >= 0.6 is 34.7 Å². The number of hydrogen-bond donors (Lipinski definition) is 4. The number of allylic oxidation sites excluding steroid dienone is 1. The molecule has 0 aromatic carbocycles. The van der Waals surface area contributed by atoms with Crippen molar-refractivity contribution in [2.24, 2.45) is 5.16 Å². The van der Waals surface area contributed by atoms with Crippen molar-refractivity contribution >= 4 is 69.4 Å². The molecule has 0 radical (unpaired) electrons. The van der Waals surface area contributed by atoms with Gasteiger partial charge in [-0.3, -0.25) is 14.5 Å². The van der Waals surface area contributed by atoms with Crippen LogP contribution in [0.25, 0.3) is 6.08 Å². The standard InChI is InChI=1S/C19H16ClFN6O7S2/c20-14-10(24-19(22)36-14)11(25-32)15(28)23-12-16(29)27-13(18(30)31)7(6-35-17(12)27)1-2-8-5-9(26-34-8)33-4-3-21/h1-2,5,12,17,32H,3-4,6H2,(H2,22,24)(H,23,28)(H,30,31)/b2-1+,25-11-/t12-,17-/m1/s1. The number of fused-ring (bicyclic) bond motifs is 1. The van der Waals surface area contributed by atoms with Crippen molar-refractivity contribution in [2.45, 2.75) is 11.4 Å². The first kappa shape index (κ1) is 25.5. The summed E-state index contributed by atoms with van der Waals surface area (Å²) in [4.78, 5) is 42.4. The van der Waals surface area contributed by atoms with Gasteiger partial charge in [0.25, 0.3) is 17.7 Å². The number of nitrogens with one attached hydrogen (secondary N) is 1. The van der Waals surface area contributed by atoms with Crippen molar-refractivity contribution in [3.8, 4) is 5.88 Å². The second-order valence-corrected chi connectivity index (χ2v) is 9.84. The second kappa shape index (κ2) is 10.5. The zero-order chi connectivity index (χ0) is 26.0. The van der Waals surface area contributed by atoms with E-state index in [1.54, 1.807) is 0 Å². The number of halogens is 2. The Morgan fingerprint density at radius 3 is 2.89 bits per heavy atom. The second-order valence-electron chi connectivity index (χ2n) is 7.10. The summed E-state index contributed by atoms with van der Waals surface area (Å²) in [6.45, 7) is -0.884. The largest absolute Gasteiger partial charge is 0.477 e. The van der Waals surface area contributed by atoms with Crippen LogP contribution in [0.5, 0.6) is 5.88 Å². The summed E-state index contributed by atoms with van der Waals surface area (Å²) >= 11 is 8.05. The van der Waals surface area contributed by atoms with Crippen molar-refractivity contribution in [3.05, 3.63) is 39.2 Å². The van der Waals surface area contributed by atoms with Crippen LogP contribution in [0.3, 0.4) is 0 Å². The third-order valence-corrected chi connectivity index (χ3v) is 7.30. The molecule has 1 fully saturated rings. The molecular weight excluding hydrogens is 543 g/mol. The topological polar surface area (TPSA) is 193 Å². The number of carboxylic acids is 1. The third-order valence-electron chi connectivity index (χ3n) is 4.91. The van der Waals surface area contributed by atoms with Crippen LogP contribution in [0.2, 0.25) is 4.34 Å². The van der Waals surface area contributed by atoms with Crippen molar-refractivity contribution in [3.63, 3.8) is 0 Å². The lowest BCUT2D eigenvalue weighted by Crippen LogP contribution is -2.71. The van der Waals surface area contributed by atoms with E-state index in [1.807, 2.05) is 0 Å². The molecule has 2 aromatic rings. The summed E-state index contributed by atoms with van der Waals surface area (Å²) in [6, 6.07) is 0.313. The Morgan fingerprint density at radius 2 is 2.25 bits per heavy atom. The smallest absolute Gasteiger partial charge is 0.352 e. The number of nitrogens with two attached hydrogens (primary N) is 1. The molecule has 36 heavy (non-hydrogen) atoms. The van der Waals surface area contributed by atoms with Gasteiger partial charge in [-0.2, -0.15) is 0 Å². The lowest BCUT2D eigenvalue weighted by atomic mass is 10.0. The molecule has 0 bridgehead atoms. The maximum atomic E-state index is 12.8. The summed E-state index contributed by atoms with van der Waals surface area (Å²) in [5, 5.41) is 27.3. The fourth-order valence-electron chi connectivity index (χ4n) is 3.39. The van der Waals surface area contributed by atoms with E-state index in [9.17, 15) is 29.1 Å². The Labute approximate surface area is 214 Å². The highest BCUT2D eigenvalue weighted by molar-refractivity contribution is 8.00. The Morgan fingerprint density at radius 1 is 1.47 bits per heavy atom. The van der Waals surface area contributed by atoms with Crippen LogP contribution in [0, 0.1) is 0 Å². The van der Waals surface area contributed by atoms with Crippen molar-refractivity contribution in [2.75, 3.05) is 24.8 Å². The number of ether oxygens (including phenoxy) is 1. The van der Waals surface area contributed by atoms with Crippen LogP contribution in [-0.4, -0.2) is 79.3 Å². The quantitative estimate of drug-likeness (QED) is 0.150. The third kappa shape index (κ3) is 4.87. The highest BCUT2D eigenvalue weighted by Crippen LogP contribution is 2.41. The van der Waals surface area contributed by atoms with E-state index in [1.165, 1.54) is 30.0 Å². The summed E-state index contributed by atoms with van der Waals surface area (Å²) in [5.41, 5.74) is 4.92. The molecule has 1 saturated heterocycles. The number of carbonyl (C=O) groups excluding carboxylic acids is 2. The summed E-state index contributed by atoms with van der Waals surface area (Å²) < 4.78 is 22.2. The Balaban J connectivity index is 1.49. The van der Waals surface area contributed by atoms with E-state index in [0.29, 0.717) is 5.57 Å². The molecule has 2 aromatic heterocycles. The number of rotatable bonds is 9. The number of nitrogen functional groups attached to an aromatic ring is 1. The minimum absolute atomic E-state index is 0.0180. The highest BCUT2D eigenvalue weighted by atomic mass is 35.5. The van der Waals surface area contributed by atoms with Gasteiger partial charge >= 0.3 is 5.97 Å². The molecule has 2 aliphatic heterocycles. The molecule has 190 valence electrons. The number of thioether (sulfide) groups is 1. The molecule has 17 heteroatoms. The first-order chi connectivity index (χ1) is 17.2. The fraction of sp³-hybridized carbons (Fsp3) is 0.263. The van der Waals surface area contributed by atoms with Crippen LogP contribution in [0.4, 0.5) is 9.52 Å². The van der Waals surface area contributed by atoms with E-state index in [2.05, 4.69) is 20.6 Å². The molecule has 2 amide bonds. The molecule has 13 nitrogen and oxygen atoms in total. The van der Waals surface area contributed by atoms with E-state index in [0.717, 1.165) is 16.2 Å². The lowest BCUT2D eigenvalue weighted by molar-refractivity contribution is -0.150. The minimum Gasteiger partial charge on any atom is -0.477 e. The molecule has 2 aliphatic rings. The number of β-lactam (4-membered cyclic amide) rings is 1.